The number of anilines is 2. The zero-order chi connectivity index (χ0) is 35.3. The van der Waals surface area contributed by atoms with E-state index in [1.165, 1.54) is 12.5 Å². The SMILES string of the molecule is CC(=O)NCc1cc2c(nc1CCCCCC[C@@H](CC(=O)O)NC(=O)c1nc3cccc(NC(=O)CCCC(=O)C(C)C)c3s1)NCCC2. The van der Waals surface area contributed by atoms with Crippen LogP contribution in [0.15, 0.2) is 24.3 Å². The maximum Gasteiger partial charge on any atom is 0.305 e. The number of ketones is 1. The third kappa shape index (κ3) is 11.6. The average molecular weight is 693 g/mol. The number of fused-ring (bicyclic) bond motifs is 2. The highest BCUT2D eigenvalue weighted by atomic mass is 32.1. The van der Waals surface area contributed by atoms with Crippen LogP contribution in [0.1, 0.15) is 112 Å². The second-order valence-electron chi connectivity index (χ2n) is 13.0. The summed E-state index contributed by atoms with van der Waals surface area (Å²) in [6.45, 7) is 6.54. The second kappa shape index (κ2) is 18.4. The largest absolute Gasteiger partial charge is 0.481 e. The summed E-state index contributed by atoms with van der Waals surface area (Å²) in [5.74, 6) is -0.738. The Bertz CT molecular complexity index is 1650. The van der Waals surface area contributed by atoms with Crippen LogP contribution in [0, 0.1) is 5.92 Å². The van der Waals surface area contributed by atoms with Crippen molar-refractivity contribution >= 4 is 62.5 Å². The molecule has 1 atom stereocenters. The van der Waals surface area contributed by atoms with Crippen molar-refractivity contribution in [3.63, 3.8) is 0 Å². The van der Waals surface area contributed by atoms with Crippen LogP contribution in [-0.2, 0) is 38.6 Å². The molecule has 1 aliphatic rings. The smallest absolute Gasteiger partial charge is 0.305 e. The van der Waals surface area contributed by atoms with Crippen LogP contribution in [0.2, 0.25) is 0 Å². The summed E-state index contributed by atoms with van der Waals surface area (Å²) < 4.78 is 0.651. The Balaban J connectivity index is 1.28. The summed E-state index contributed by atoms with van der Waals surface area (Å²) in [5, 5.41) is 21.7. The molecule has 0 fully saturated rings. The van der Waals surface area contributed by atoms with Gasteiger partial charge in [0.2, 0.25) is 11.8 Å². The normalized spacial score (nSPS) is 13.0. The molecule has 2 aromatic heterocycles. The summed E-state index contributed by atoms with van der Waals surface area (Å²) in [7, 11) is 0. The van der Waals surface area contributed by atoms with E-state index in [-0.39, 0.29) is 41.4 Å². The van der Waals surface area contributed by atoms with Crippen LogP contribution in [0.4, 0.5) is 11.5 Å². The molecule has 5 N–H and O–H groups in total. The Hall–Kier alpha value is -4.39. The van der Waals surface area contributed by atoms with Crippen molar-refractivity contribution in [1.29, 1.82) is 0 Å². The molecule has 12 nitrogen and oxygen atoms in total. The first-order valence-corrected chi connectivity index (χ1v) is 18.1. The molecule has 1 aromatic carbocycles. The minimum atomic E-state index is -0.992. The van der Waals surface area contributed by atoms with Crippen LogP contribution >= 0.6 is 11.3 Å². The summed E-state index contributed by atoms with van der Waals surface area (Å²) in [5.41, 5.74) is 4.31. The molecule has 3 aromatic rings. The lowest BCUT2D eigenvalue weighted by Gasteiger charge is -2.20. The molecule has 49 heavy (non-hydrogen) atoms. The molecule has 0 unspecified atom stereocenters. The molecule has 0 radical (unpaired) electrons. The predicted molar refractivity (Wildman–Crippen MR) is 191 cm³/mol. The zero-order valence-corrected chi connectivity index (χ0v) is 29.5. The number of carboxylic acids is 1. The van der Waals surface area contributed by atoms with Gasteiger partial charge in [-0.3, -0.25) is 24.0 Å². The number of thiazole rings is 1. The van der Waals surface area contributed by atoms with Gasteiger partial charge in [-0.05, 0) is 67.9 Å². The second-order valence-corrected chi connectivity index (χ2v) is 14.0. The van der Waals surface area contributed by atoms with Crippen LogP contribution in [-0.4, -0.2) is 57.1 Å². The van der Waals surface area contributed by atoms with Crippen molar-refractivity contribution in [1.82, 2.24) is 20.6 Å². The van der Waals surface area contributed by atoms with Gasteiger partial charge in [-0.2, -0.15) is 0 Å². The number of carbonyl (C=O) groups is 5. The predicted octanol–water partition coefficient (Wildman–Crippen LogP) is 5.79. The van der Waals surface area contributed by atoms with E-state index in [9.17, 15) is 29.1 Å². The highest BCUT2D eigenvalue weighted by molar-refractivity contribution is 7.21. The maximum atomic E-state index is 13.2. The molecule has 3 heterocycles. The molecule has 0 bridgehead atoms. The van der Waals surface area contributed by atoms with Crippen LogP contribution in [0.3, 0.4) is 0 Å². The number of rotatable bonds is 19. The number of aliphatic carboxylic acids is 1. The molecular formula is C36H48N6O6S. The average Bonchev–Trinajstić information content (AvgIpc) is 3.50. The topological polar surface area (TPSA) is 179 Å². The van der Waals surface area contributed by atoms with Gasteiger partial charge in [0.25, 0.3) is 5.91 Å². The molecule has 13 heteroatoms. The first-order valence-electron chi connectivity index (χ1n) is 17.2. The number of benzene rings is 1. The summed E-state index contributed by atoms with van der Waals surface area (Å²) >= 11 is 1.14. The molecule has 0 aliphatic carbocycles. The minimum absolute atomic E-state index is 0.0582. The van der Waals surface area contributed by atoms with E-state index in [1.54, 1.807) is 18.2 Å². The van der Waals surface area contributed by atoms with Gasteiger partial charge >= 0.3 is 5.97 Å². The molecule has 0 saturated heterocycles. The van der Waals surface area contributed by atoms with Gasteiger partial charge in [0.1, 0.15) is 11.6 Å². The molecule has 4 rings (SSSR count). The van der Waals surface area contributed by atoms with Gasteiger partial charge in [-0.1, -0.05) is 39.2 Å². The first-order chi connectivity index (χ1) is 23.5. The van der Waals surface area contributed by atoms with Crippen LogP contribution in [0.25, 0.3) is 10.2 Å². The van der Waals surface area contributed by atoms with Crippen LogP contribution in [0.5, 0.6) is 0 Å². The molecule has 1 aliphatic heterocycles. The van der Waals surface area contributed by atoms with Crippen molar-refractivity contribution in [3.05, 3.63) is 46.1 Å². The van der Waals surface area contributed by atoms with Crippen LogP contribution < -0.4 is 21.3 Å². The zero-order valence-electron chi connectivity index (χ0n) is 28.7. The van der Waals surface area contributed by atoms with Gasteiger partial charge < -0.3 is 26.4 Å². The number of unbranched alkanes of at least 4 members (excludes halogenated alkanes) is 3. The van der Waals surface area contributed by atoms with Gasteiger partial charge in [0, 0.05) is 50.5 Å². The van der Waals surface area contributed by atoms with E-state index in [1.807, 2.05) is 13.8 Å². The lowest BCUT2D eigenvalue weighted by Crippen LogP contribution is -2.36. The summed E-state index contributed by atoms with van der Waals surface area (Å²) in [6, 6.07) is 6.85. The third-order valence-corrected chi connectivity index (χ3v) is 9.64. The summed E-state index contributed by atoms with van der Waals surface area (Å²) in [6.07, 6.45) is 7.57. The third-order valence-electron chi connectivity index (χ3n) is 8.54. The Kier molecular flexibility index (Phi) is 14.1. The molecule has 0 saturated carbocycles. The number of aryl methyl sites for hydroxylation is 2. The fraction of sp³-hybridized carbons (Fsp3) is 0.528. The Morgan fingerprint density at radius 2 is 1.82 bits per heavy atom. The van der Waals surface area contributed by atoms with Gasteiger partial charge in [0.05, 0.1) is 22.3 Å². The standard InChI is InChI=1S/C36H48N6O6S/c1-22(2)30(44)16-9-17-31(45)40-28-14-8-15-29-33(28)49-36(42-29)35(48)39-26(20-32(46)47)12-6-4-5-7-13-27-25(21-38-23(3)43)19-24-11-10-18-37-34(24)41-27/h8,14-15,19,22,26H,4-7,9-13,16-18,20-21H2,1-3H3,(H,37,41)(H,38,43)(H,39,48)(H,40,45)(H,46,47)/t26-/m0/s1. The lowest BCUT2D eigenvalue weighted by molar-refractivity contribution is -0.137. The van der Waals surface area contributed by atoms with Crippen molar-refractivity contribution in [2.24, 2.45) is 5.92 Å². The number of nitrogens with one attached hydrogen (secondary N) is 4. The number of carbonyl (C=O) groups excluding carboxylic acids is 4. The molecular weight excluding hydrogens is 644 g/mol. The van der Waals surface area contributed by atoms with E-state index in [2.05, 4.69) is 32.3 Å². The van der Waals surface area contributed by atoms with Crippen molar-refractivity contribution in [3.8, 4) is 0 Å². The lowest BCUT2D eigenvalue weighted by atomic mass is 9.99. The quantitative estimate of drug-likeness (QED) is 0.0973. The van der Waals surface area contributed by atoms with E-state index in [4.69, 9.17) is 4.98 Å². The molecule has 264 valence electrons. The fourth-order valence-corrected chi connectivity index (χ4v) is 6.78. The number of carboxylic acid groups (broad SMARTS) is 1. The molecule has 3 amide bonds. The number of aromatic nitrogens is 2. The maximum absolute atomic E-state index is 13.2. The molecule has 0 spiro atoms. The Morgan fingerprint density at radius 3 is 2.57 bits per heavy atom. The number of amides is 3. The number of hydrogen-bond donors (Lipinski definition) is 5. The number of hydrogen-bond acceptors (Lipinski definition) is 9. The van der Waals surface area contributed by atoms with Gasteiger partial charge in [-0.25, -0.2) is 9.97 Å². The van der Waals surface area contributed by atoms with E-state index >= 15 is 0 Å². The van der Waals surface area contributed by atoms with Crippen molar-refractivity contribution < 1.29 is 29.1 Å². The van der Waals surface area contributed by atoms with Crippen molar-refractivity contribution in [2.75, 3.05) is 17.2 Å². The minimum Gasteiger partial charge on any atom is -0.481 e. The number of nitrogens with zero attached hydrogens (tertiary/aromatic N) is 2. The number of pyridine rings is 1. The summed E-state index contributed by atoms with van der Waals surface area (Å²) in [4.78, 5) is 70.1. The number of Topliss-reactive ketones (excluding diaryl/α,β-unsaturated/α-hetero) is 1. The van der Waals surface area contributed by atoms with E-state index in [0.29, 0.717) is 41.7 Å². The van der Waals surface area contributed by atoms with E-state index < -0.39 is 17.9 Å². The Labute approximate surface area is 291 Å². The van der Waals surface area contributed by atoms with Gasteiger partial charge in [0.15, 0.2) is 5.01 Å². The fourth-order valence-electron chi connectivity index (χ4n) is 5.85. The highest BCUT2D eigenvalue weighted by Gasteiger charge is 2.21. The first kappa shape index (κ1) is 37.4. The van der Waals surface area contributed by atoms with Gasteiger partial charge in [-0.15, -0.1) is 11.3 Å². The van der Waals surface area contributed by atoms with E-state index in [0.717, 1.165) is 79.9 Å². The monoisotopic (exact) mass is 692 g/mol. The Morgan fingerprint density at radius 1 is 1.02 bits per heavy atom. The van der Waals surface area contributed by atoms with Crippen molar-refractivity contribution in [2.45, 2.75) is 110 Å². The highest BCUT2D eigenvalue weighted by Crippen LogP contribution is 2.30.